The van der Waals surface area contributed by atoms with Crippen LogP contribution in [0.15, 0.2) is 33.8 Å². The zero-order valence-corrected chi connectivity index (χ0v) is 20.1. The first-order valence-electron chi connectivity index (χ1n) is 9.35. The van der Waals surface area contributed by atoms with E-state index in [0.29, 0.717) is 29.3 Å². The molecule has 0 bridgehead atoms. The van der Waals surface area contributed by atoms with Crippen LogP contribution in [0.1, 0.15) is 38.5 Å². The highest BCUT2D eigenvalue weighted by Gasteiger charge is 2.22. The lowest BCUT2D eigenvalue weighted by atomic mass is 9.95. The van der Waals surface area contributed by atoms with Crippen molar-refractivity contribution in [2.45, 2.75) is 50.4 Å². The van der Waals surface area contributed by atoms with Gasteiger partial charge in [0.2, 0.25) is 11.7 Å². The van der Waals surface area contributed by atoms with Crippen molar-refractivity contribution in [2.75, 3.05) is 12.8 Å². The summed E-state index contributed by atoms with van der Waals surface area (Å²) >= 11 is 7.98. The second kappa shape index (κ2) is 11.9. The van der Waals surface area contributed by atoms with Crippen molar-refractivity contribution in [3.05, 3.63) is 35.2 Å². The van der Waals surface area contributed by atoms with Gasteiger partial charge in [-0.2, -0.15) is 16.7 Å². The van der Waals surface area contributed by atoms with Gasteiger partial charge >= 0.3 is 0 Å². The normalized spacial score (nSPS) is 19.8. The highest BCUT2D eigenvalue weighted by molar-refractivity contribution is 14.0. The minimum atomic E-state index is 0. The van der Waals surface area contributed by atoms with Gasteiger partial charge in [0.05, 0.1) is 6.54 Å². The molecule has 1 saturated carbocycles. The fourth-order valence-electron chi connectivity index (χ4n) is 3.25. The molecule has 6 nitrogen and oxygen atoms in total. The fraction of sp³-hybridized carbons (Fsp3) is 0.526. The summed E-state index contributed by atoms with van der Waals surface area (Å²) in [5.41, 5.74) is 0.874. The van der Waals surface area contributed by atoms with Crippen molar-refractivity contribution in [3.63, 3.8) is 0 Å². The van der Waals surface area contributed by atoms with Crippen molar-refractivity contribution in [1.82, 2.24) is 20.8 Å². The van der Waals surface area contributed by atoms with E-state index in [1.54, 1.807) is 7.05 Å². The van der Waals surface area contributed by atoms with E-state index in [0.717, 1.165) is 16.8 Å². The molecule has 0 spiro atoms. The minimum Gasteiger partial charge on any atom is -0.354 e. The van der Waals surface area contributed by atoms with Gasteiger partial charge in [0.1, 0.15) is 0 Å². The van der Waals surface area contributed by atoms with E-state index in [1.165, 1.54) is 31.4 Å². The molecule has 154 valence electrons. The molecule has 0 saturated heterocycles. The van der Waals surface area contributed by atoms with Gasteiger partial charge in [-0.25, -0.2) is 0 Å². The first-order valence-corrected chi connectivity index (χ1v) is 10.8. The standard InChI is InChI=1S/C19H26ClN5OS.HI/c1-3-27-16-6-4-5-15(11-16)23-19(21-2)22-12-17-24-18(25-26-17)13-7-9-14(20)10-8-13;/h7-10,15-16H,3-6,11-12H2,1-2H3,(H2,21,22,23);1H. The molecule has 2 aromatic rings. The summed E-state index contributed by atoms with van der Waals surface area (Å²) in [6.07, 6.45) is 4.95. The first-order chi connectivity index (χ1) is 13.2. The van der Waals surface area contributed by atoms with Gasteiger partial charge in [-0.1, -0.05) is 30.1 Å². The molecular weight excluding hydrogens is 509 g/mol. The lowest BCUT2D eigenvalue weighted by Crippen LogP contribution is -2.45. The van der Waals surface area contributed by atoms with Gasteiger partial charge in [-0.15, -0.1) is 24.0 Å². The molecule has 0 aliphatic heterocycles. The van der Waals surface area contributed by atoms with Crippen molar-refractivity contribution >= 4 is 53.3 Å². The smallest absolute Gasteiger partial charge is 0.246 e. The first kappa shape index (κ1) is 23.3. The summed E-state index contributed by atoms with van der Waals surface area (Å²) in [4.78, 5) is 8.76. The van der Waals surface area contributed by atoms with Crippen molar-refractivity contribution in [2.24, 2.45) is 4.99 Å². The summed E-state index contributed by atoms with van der Waals surface area (Å²) in [7, 11) is 1.78. The largest absolute Gasteiger partial charge is 0.354 e. The molecular formula is C19H27ClIN5OS. The topological polar surface area (TPSA) is 75.3 Å². The zero-order valence-electron chi connectivity index (χ0n) is 16.2. The fourth-order valence-corrected chi connectivity index (χ4v) is 4.55. The molecule has 0 amide bonds. The van der Waals surface area contributed by atoms with E-state index in [9.17, 15) is 0 Å². The number of halogens is 2. The second-order valence-electron chi connectivity index (χ2n) is 6.53. The summed E-state index contributed by atoms with van der Waals surface area (Å²) in [6, 6.07) is 7.83. The van der Waals surface area contributed by atoms with E-state index in [-0.39, 0.29) is 24.0 Å². The summed E-state index contributed by atoms with van der Waals surface area (Å²) < 4.78 is 5.34. The van der Waals surface area contributed by atoms with Gasteiger partial charge in [-0.05, 0) is 49.3 Å². The number of guanidine groups is 1. The molecule has 9 heteroatoms. The Morgan fingerprint density at radius 1 is 1.32 bits per heavy atom. The maximum atomic E-state index is 5.92. The molecule has 1 aromatic heterocycles. The summed E-state index contributed by atoms with van der Waals surface area (Å²) in [5, 5.41) is 12.3. The Labute approximate surface area is 192 Å². The average molecular weight is 536 g/mol. The average Bonchev–Trinajstić information content (AvgIpc) is 3.15. The second-order valence-corrected chi connectivity index (χ2v) is 8.54. The Balaban J connectivity index is 0.00000280. The lowest BCUT2D eigenvalue weighted by Gasteiger charge is -2.30. The molecule has 1 heterocycles. The molecule has 28 heavy (non-hydrogen) atoms. The minimum absolute atomic E-state index is 0. The van der Waals surface area contributed by atoms with E-state index < -0.39 is 0 Å². The van der Waals surface area contributed by atoms with E-state index in [2.05, 4.69) is 44.5 Å². The van der Waals surface area contributed by atoms with Crippen molar-refractivity contribution < 1.29 is 4.52 Å². The third-order valence-corrected chi connectivity index (χ3v) is 6.06. The Bertz CT molecular complexity index is 753. The van der Waals surface area contributed by atoms with Crippen molar-refractivity contribution in [1.29, 1.82) is 0 Å². The van der Waals surface area contributed by atoms with Crippen LogP contribution in [0.3, 0.4) is 0 Å². The molecule has 2 atom stereocenters. The van der Waals surface area contributed by atoms with Crippen LogP contribution in [0.4, 0.5) is 0 Å². The number of hydrogen-bond donors (Lipinski definition) is 2. The van der Waals surface area contributed by atoms with Gasteiger partial charge < -0.3 is 15.2 Å². The van der Waals surface area contributed by atoms with E-state index in [4.69, 9.17) is 16.1 Å². The Kier molecular flexibility index (Phi) is 9.87. The number of nitrogens with one attached hydrogen (secondary N) is 2. The number of rotatable bonds is 6. The number of thioether (sulfide) groups is 1. The third kappa shape index (κ3) is 6.81. The van der Waals surface area contributed by atoms with Gasteiger partial charge in [0.25, 0.3) is 0 Å². The number of benzene rings is 1. The highest BCUT2D eigenvalue weighted by atomic mass is 127. The van der Waals surface area contributed by atoms with Crippen LogP contribution < -0.4 is 10.6 Å². The Hall–Kier alpha value is -1.000. The Morgan fingerprint density at radius 2 is 2.11 bits per heavy atom. The molecule has 1 fully saturated rings. The number of aliphatic imine (C=N–C) groups is 1. The van der Waals surface area contributed by atoms with Gasteiger partial charge in [0.15, 0.2) is 5.96 Å². The van der Waals surface area contributed by atoms with Gasteiger partial charge in [-0.3, -0.25) is 4.99 Å². The number of nitrogens with zero attached hydrogens (tertiary/aromatic N) is 3. The number of hydrogen-bond acceptors (Lipinski definition) is 5. The SMILES string of the molecule is CCSC1CCCC(NC(=NC)NCc2nc(-c3ccc(Cl)cc3)no2)C1.I. The van der Waals surface area contributed by atoms with Crippen LogP contribution in [0.5, 0.6) is 0 Å². The zero-order chi connectivity index (χ0) is 19.1. The van der Waals surface area contributed by atoms with Crippen LogP contribution in [0.2, 0.25) is 5.02 Å². The van der Waals surface area contributed by atoms with Crippen LogP contribution in [0, 0.1) is 0 Å². The maximum absolute atomic E-state index is 5.92. The monoisotopic (exact) mass is 535 g/mol. The quantitative estimate of drug-likeness (QED) is 0.316. The van der Waals surface area contributed by atoms with Crippen LogP contribution in [0.25, 0.3) is 11.4 Å². The summed E-state index contributed by atoms with van der Waals surface area (Å²) in [6.45, 7) is 2.66. The van der Waals surface area contributed by atoms with E-state index in [1.807, 2.05) is 24.3 Å². The highest BCUT2D eigenvalue weighted by Crippen LogP contribution is 2.28. The third-order valence-electron chi connectivity index (χ3n) is 4.57. The van der Waals surface area contributed by atoms with Crippen LogP contribution >= 0.6 is 47.3 Å². The predicted molar refractivity (Wildman–Crippen MR) is 128 cm³/mol. The predicted octanol–water partition coefficient (Wildman–Crippen LogP) is 4.74. The molecule has 1 aliphatic rings. The Morgan fingerprint density at radius 3 is 2.82 bits per heavy atom. The number of aromatic nitrogens is 2. The molecule has 2 N–H and O–H groups in total. The van der Waals surface area contributed by atoms with Crippen LogP contribution in [-0.2, 0) is 6.54 Å². The molecule has 2 unspecified atom stereocenters. The summed E-state index contributed by atoms with van der Waals surface area (Å²) in [5.74, 6) is 3.02. The van der Waals surface area contributed by atoms with Crippen LogP contribution in [-0.4, -0.2) is 40.2 Å². The molecule has 0 radical (unpaired) electrons. The molecule has 3 rings (SSSR count). The molecule has 1 aromatic carbocycles. The van der Waals surface area contributed by atoms with E-state index >= 15 is 0 Å². The lowest BCUT2D eigenvalue weighted by molar-refractivity contribution is 0.373. The van der Waals surface area contributed by atoms with Crippen molar-refractivity contribution in [3.8, 4) is 11.4 Å². The molecule has 1 aliphatic carbocycles. The van der Waals surface area contributed by atoms with Gasteiger partial charge in [0, 0.05) is 28.9 Å². The maximum Gasteiger partial charge on any atom is 0.246 e.